The average Bonchev–Trinajstić information content (AvgIpc) is 3.46. The number of halogens is 4. The number of hydrogen-bond acceptors (Lipinski definition) is 4. The van der Waals surface area contributed by atoms with Crippen LogP contribution >= 0.6 is 15.9 Å². The van der Waals surface area contributed by atoms with Gasteiger partial charge in [0.2, 0.25) is 17.7 Å². The molecule has 4 aliphatic heterocycles. The molecule has 3 amide bonds. The fourth-order valence-corrected chi connectivity index (χ4v) is 6.61. The smallest absolute Gasteiger partial charge is 0.324 e. The van der Waals surface area contributed by atoms with Crippen LogP contribution in [-0.4, -0.2) is 35.2 Å². The molecular weight excluding hydrogens is 503 g/mol. The summed E-state index contributed by atoms with van der Waals surface area (Å²) >= 11 is 3.44. The Bertz CT molecular complexity index is 1250. The zero-order valence-electron chi connectivity index (χ0n) is 17.0. The van der Waals surface area contributed by atoms with E-state index in [4.69, 9.17) is 0 Å². The number of benzene rings is 2. The third-order valence-electron chi connectivity index (χ3n) is 7.39. The van der Waals surface area contributed by atoms with E-state index < -0.39 is 40.9 Å². The highest BCUT2D eigenvalue weighted by atomic mass is 79.9. The molecule has 4 aliphatic rings. The molecule has 0 aliphatic carbocycles. The Balaban J connectivity index is 1.53. The first-order valence-corrected chi connectivity index (χ1v) is 11.4. The Morgan fingerprint density at radius 1 is 1.06 bits per heavy atom. The average molecular weight is 520 g/mol. The van der Waals surface area contributed by atoms with Crippen LogP contribution in [0.1, 0.15) is 24.0 Å². The van der Waals surface area contributed by atoms with E-state index in [1.165, 1.54) is 12.1 Å². The van der Waals surface area contributed by atoms with Crippen molar-refractivity contribution in [3.63, 3.8) is 0 Å². The number of carbonyl (C=O) groups excluding carboxylic acids is 3. The number of anilines is 2. The van der Waals surface area contributed by atoms with Gasteiger partial charge in [-0.25, -0.2) is 4.90 Å². The summed E-state index contributed by atoms with van der Waals surface area (Å²) in [7, 11) is 0. The van der Waals surface area contributed by atoms with Crippen LogP contribution in [0.3, 0.4) is 0 Å². The number of hydrogen-bond donors (Lipinski definition) is 1. The monoisotopic (exact) mass is 519 g/mol. The van der Waals surface area contributed by atoms with Crippen LogP contribution in [0.4, 0.5) is 24.5 Å². The van der Waals surface area contributed by atoms with E-state index in [1.807, 2.05) is 4.90 Å². The summed E-state index contributed by atoms with van der Waals surface area (Å²) in [6.45, 7) is 0.557. The van der Waals surface area contributed by atoms with E-state index in [9.17, 15) is 27.6 Å². The van der Waals surface area contributed by atoms with E-state index in [0.29, 0.717) is 24.2 Å². The second kappa shape index (κ2) is 6.66. The molecule has 6 nitrogen and oxygen atoms in total. The van der Waals surface area contributed by atoms with Crippen LogP contribution in [0.2, 0.25) is 0 Å². The van der Waals surface area contributed by atoms with Crippen LogP contribution < -0.4 is 10.2 Å². The first-order valence-electron chi connectivity index (χ1n) is 10.6. The molecule has 33 heavy (non-hydrogen) atoms. The second-order valence-corrected chi connectivity index (χ2v) is 9.79. The molecule has 4 heterocycles. The molecule has 1 N–H and O–H groups in total. The summed E-state index contributed by atoms with van der Waals surface area (Å²) in [6, 6.07) is 9.19. The number of imide groups is 1. The normalized spacial score (nSPS) is 30.7. The predicted octanol–water partition coefficient (Wildman–Crippen LogP) is 3.90. The van der Waals surface area contributed by atoms with Gasteiger partial charge >= 0.3 is 6.18 Å². The van der Waals surface area contributed by atoms with Crippen molar-refractivity contribution in [1.29, 1.82) is 0 Å². The van der Waals surface area contributed by atoms with Gasteiger partial charge in [0.15, 0.2) is 0 Å². The topological polar surface area (TPSA) is 69.7 Å². The molecule has 0 radical (unpaired) electrons. The SMILES string of the molecule is O=C1[C@@H]2[C@@H]3CCCN3[C@@]3(C(=O)Nc4ccc(Br)cc43)[C@H]2C(=O)N1c1cccc(C(F)(F)F)c1. The highest BCUT2D eigenvalue weighted by molar-refractivity contribution is 9.10. The van der Waals surface area contributed by atoms with Crippen molar-refractivity contribution < 1.29 is 27.6 Å². The van der Waals surface area contributed by atoms with Crippen molar-refractivity contribution in [1.82, 2.24) is 4.90 Å². The summed E-state index contributed by atoms with van der Waals surface area (Å²) in [5.41, 5.74) is -1.24. The van der Waals surface area contributed by atoms with Gasteiger partial charge in [-0.1, -0.05) is 22.0 Å². The third-order valence-corrected chi connectivity index (χ3v) is 7.88. The molecule has 2 aromatic rings. The molecule has 0 bridgehead atoms. The van der Waals surface area contributed by atoms with E-state index in [2.05, 4.69) is 21.2 Å². The molecule has 1 spiro atoms. The van der Waals surface area contributed by atoms with Gasteiger partial charge < -0.3 is 5.32 Å². The van der Waals surface area contributed by atoms with Crippen molar-refractivity contribution in [2.75, 3.05) is 16.8 Å². The Morgan fingerprint density at radius 2 is 1.85 bits per heavy atom. The lowest BCUT2D eigenvalue weighted by molar-refractivity contribution is -0.137. The van der Waals surface area contributed by atoms with Gasteiger partial charge in [-0.15, -0.1) is 0 Å². The van der Waals surface area contributed by atoms with Gasteiger partial charge in [-0.3, -0.25) is 19.3 Å². The Morgan fingerprint density at radius 3 is 2.61 bits per heavy atom. The lowest BCUT2D eigenvalue weighted by atomic mass is 9.75. The minimum atomic E-state index is -4.61. The molecule has 2 aromatic carbocycles. The van der Waals surface area contributed by atoms with Crippen LogP contribution in [0.5, 0.6) is 0 Å². The lowest BCUT2D eigenvalue weighted by Crippen LogP contribution is -2.54. The molecule has 0 aromatic heterocycles. The second-order valence-electron chi connectivity index (χ2n) is 8.88. The predicted molar refractivity (Wildman–Crippen MR) is 115 cm³/mol. The molecule has 3 fully saturated rings. The number of carbonyl (C=O) groups is 3. The Labute approximate surface area is 194 Å². The van der Waals surface area contributed by atoms with E-state index >= 15 is 0 Å². The molecule has 10 heteroatoms. The number of nitrogens with zero attached hydrogens (tertiary/aromatic N) is 2. The third kappa shape index (κ3) is 2.56. The standard InChI is InChI=1S/C23H17BrF3N3O3/c24-12-6-7-15-14(10-12)22(21(33)28-15)18-17(16-5-2-8-29(16)22)19(31)30(20(18)32)13-4-1-3-11(9-13)23(25,26)27/h1,3-4,6-7,9-10,16-18H,2,5,8H2,(H,28,33)/t16-,17+,18+,22+/m0/s1. The van der Waals surface area contributed by atoms with Crippen LogP contribution in [0, 0.1) is 11.8 Å². The van der Waals surface area contributed by atoms with Gasteiger partial charge in [0.25, 0.3) is 0 Å². The zero-order chi connectivity index (χ0) is 23.3. The van der Waals surface area contributed by atoms with Gasteiger partial charge in [-0.2, -0.15) is 13.2 Å². The Hall–Kier alpha value is -2.72. The van der Waals surface area contributed by atoms with Crippen molar-refractivity contribution in [2.24, 2.45) is 11.8 Å². The summed E-state index contributed by atoms with van der Waals surface area (Å²) in [6.07, 6.45) is -3.22. The molecule has 4 atom stereocenters. The fraction of sp³-hybridized carbons (Fsp3) is 0.348. The fourth-order valence-electron chi connectivity index (χ4n) is 6.25. The van der Waals surface area contributed by atoms with Crippen molar-refractivity contribution in [3.8, 4) is 0 Å². The summed E-state index contributed by atoms with van der Waals surface area (Å²) in [4.78, 5) is 43.7. The summed E-state index contributed by atoms with van der Waals surface area (Å²) in [5.74, 6) is -3.37. The maximum Gasteiger partial charge on any atom is 0.416 e. The van der Waals surface area contributed by atoms with Gasteiger partial charge in [0.1, 0.15) is 5.54 Å². The zero-order valence-corrected chi connectivity index (χ0v) is 18.6. The van der Waals surface area contributed by atoms with Crippen molar-refractivity contribution in [2.45, 2.75) is 30.6 Å². The minimum absolute atomic E-state index is 0.123. The first kappa shape index (κ1) is 20.9. The van der Waals surface area contributed by atoms with Gasteiger partial charge in [0.05, 0.1) is 23.1 Å². The quantitative estimate of drug-likeness (QED) is 0.580. The van der Waals surface area contributed by atoms with Gasteiger partial charge in [-0.05, 0) is 55.8 Å². The first-order chi connectivity index (χ1) is 15.7. The molecule has 0 unspecified atom stereocenters. The lowest BCUT2D eigenvalue weighted by Gasteiger charge is -2.36. The number of nitrogens with one attached hydrogen (secondary N) is 1. The van der Waals surface area contributed by atoms with E-state index in [1.54, 1.807) is 18.2 Å². The van der Waals surface area contributed by atoms with Crippen LogP contribution in [0.25, 0.3) is 0 Å². The molecule has 3 saturated heterocycles. The molecule has 170 valence electrons. The molecule has 6 rings (SSSR count). The number of fused-ring (bicyclic) bond motifs is 7. The van der Waals surface area contributed by atoms with Crippen LogP contribution in [0.15, 0.2) is 46.9 Å². The molecule has 0 saturated carbocycles. The minimum Gasteiger partial charge on any atom is -0.324 e. The highest BCUT2D eigenvalue weighted by Crippen LogP contribution is 2.61. The van der Waals surface area contributed by atoms with Crippen molar-refractivity contribution in [3.05, 3.63) is 58.1 Å². The van der Waals surface area contributed by atoms with Crippen LogP contribution in [-0.2, 0) is 26.1 Å². The Kier molecular flexibility index (Phi) is 4.21. The van der Waals surface area contributed by atoms with Gasteiger partial charge in [0, 0.05) is 21.8 Å². The summed E-state index contributed by atoms with van der Waals surface area (Å²) in [5, 5.41) is 2.87. The largest absolute Gasteiger partial charge is 0.416 e. The number of alkyl halides is 3. The van der Waals surface area contributed by atoms with E-state index in [-0.39, 0.29) is 17.6 Å². The summed E-state index contributed by atoms with van der Waals surface area (Å²) < 4.78 is 40.6. The molecular formula is C23H17BrF3N3O3. The number of amides is 3. The maximum absolute atomic E-state index is 13.8. The maximum atomic E-state index is 13.8. The van der Waals surface area contributed by atoms with E-state index in [0.717, 1.165) is 27.9 Å². The number of rotatable bonds is 1. The highest BCUT2D eigenvalue weighted by Gasteiger charge is 2.74. The van der Waals surface area contributed by atoms with Crippen molar-refractivity contribution >= 4 is 45.0 Å².